The summed E-state index contributed by atoms with van der Waals surface area (Å²) in [5.41, 5.74) is 2.98. The molecule has 160 valence electrons. The molecule has 0 aliphatic carbocycles. The van der Waals surface area contributed by atoms with Gasteiger partial charge in [0.05, 0.1) is 23.6 Å². The quantitative estimate of drug-likeness (QED) is 0.674. The Morgan fingerprint density at radius 1 is 1.26 bits per heavy atom. The number of nitrogens with zero attached hydrogens (tertiary/aromatic N) is 2. The Hall–Kier alpha value is -3.32. The minimum Gasteiger partial charge on any atom is -0.507 e. The van der Waals surface area contributed by atoms with Crippen molar-refractivity contribution >= 4 is 5.91 Å². The Kier molecular flexibility index (Phi) is 4.70. The van der Waals surface area contributed by atoms with E-state index in [2.05, 4.69) is 10.4 Å². The number of phenols is 1. The smallest absolute Gasteiger partial charge is 0.282 e. The number of rotatable bonds is 3. The van der Waals surface area contributed by atoms with E-state index in [0.29, 0.717) is 12.4 Å². The lowest BCUT2D eigenvalue weighted by Crippen LogP contribution is -2.46. The predicted molar refractivity (Wildman–Crippen MR) is 116 cm³/mol. The van der Waals surface area contributed by atoms with E-state index in [4.69, 9.17) is 9.47 Å². The van der Waals surface area contributed by atoms with Crippen molar-refractivity contribution in [1.29, 1.82) is 0 Å². The normalized spacial score (nSPS) is 16.3. The summed E-state index contributed by atoms with van der Waals surface area (Å²) in [6.07, 6.45) is 1.59. The second kappa shape index (κ2) is 7.42. The lowest BCUT2D eigenvalue weighted by Gasteiger charge is -2.42. The number of carbonyl (C=O) groups excluding carboxylic acids is 1. The Balaban J connectivity index is 1.68. The van der Waals surface area contributed by atoms with Gasteiger partial charge in [-0.2, -0.15) is 9.78 Å². The third kappa shape index (κ3) is 3.08. The maximum Gasteiger partial charge on any atom is 0.282 e. The predicted octanol–water partition coefficient (Wildman–Crippen LogP) is 3.62. The molecule has 31 heavy (non-hydrogen) atoms. The fourth-order valence-electron chi connectivity index (χ4n) is 4.73. The van der Waals surface area contributed by atoms with Crippen LogP contribution in [0.25, 0.3) is 11.3 Å². The number of aryl methyl sites for hydroxylation is 1. The molecule has 1 fully saturated rings. The number of benzene rings is 2. The summed E-state index contributed by atoms with van der Waals surface area (Å²) in [5.74, 6) is 0.754. The summed E-state index contributed by atoms with van der Waals surface area (Å²) in [5, 5.41) is 18.6. The molecule has 2 aliphatic rings. The van der Waals surface area contributed by atoms with E-state index in [0.717, 1.165) is 54.2 Å². The van der Waals surface area contributed by atoms with Crippen molar-refractivity contribution < 1.29 is 19.4 Å². The van der Waals surface area contributed by atoms with Crippen LogP contribution in [0.1, 0.15) is 41.4 Å². The highest BCUT2D eigenvalue weighted by Crippen LogP contribution is 2.50. The second-order valence-electron chi connectivity index (χ2n) is 7.98. The number of aromatic hydroxyl groups is 1. The third-order valence-corrected chi connectivity index (χ3v) is 6.08. The summed E-state index contributed by atoms with van der Waals surface area (Å²) in [6.45, 7) is 5.93. The Labute approximate surface area is 180 Å². The van der Waals surface area contributed by atoms with Crippen LogP contribution in [0, 0.1) is 6.92 Å². The number of aromatic nitrogens is 2. The van der Waals surface area contributed by atoms with Gasteiger partial charge in [0.15, 0.2) is 0 Å². The van der Waals surface area contributed by atoms with Gasteiger partial charge >= 0.3 is 0 Å². The molecule has 2 N–H and O–H groups in total. The maximum atomic E-state index is 13.5. The van der Waals surface area contributed by atoms with Gasteiger partial charge in [-0.3, -0.25) is 4.79 Å². The van der Waals surface area contributed by atoms with Crippen LogP contribution in [0.4, 0.5) is 0 Å². The van der Waals surface area contributed by atoms with Gasteiger partial charge in [-0.25, -0.2) is 0 Å². The van der Waals surface area contributed by atoms with Crippen molar-refractivity contribution in [2.24, 2.45) is 0 Å². The van der Waals surface area contributed by atoms with E-state index >= 15 is 0 Å². The van der Waals surface area contributed by atoms with Gasteiger partial charge in [0.2, 0.25) is 0 Å². The summed E-state index contributed by atoms with van der Waals surface area (Å²) < 4.78 is 13.4. The Bertz CT molecular complexity index is 1160. The van der Waals surface area contributed by atoms with Crippen LogP contribution < -0.4 is 14.8 Å². The lowest BCUT2D eigenvalue weighted by molar-refractivity contribution is 0.0301. The zero-order valence-electron chi connectivity index (χ0n) is 17.6. The summed E-state index contributed by atoms with van der Waals surface area (Å²) in [7, 11) is 0. The average Bonchev–Trinajstić information content (AvgIpc) is 3.13. The van der Waals surface area contributed by atoms with Crippen LogP contribution in [0.5, 0.6) is 17.2 Å². The first-order chi connectivity index (χ1) is 15.0. The maximum absolute atomic E-state index is 13.5. The minimum absolute atomic E-state index is 0.130. The number of ether oxygens (including phenoxy) is 2. The molecule has 0 saturated carbocycles. The number of nitrogens with one attached hydrogen (secondary N) is 1. The lowest BCUT2D eigenvalue weighted by atomic mass is 9.80. The van der Waals surface area contributed by atoms with E-state index in [1.165, 1.54) is 10.7 Å². The van der Waals surface area contributed by atoms with Crippen LogP contribution in [-0.4, -0.2) is 40.5 Å². The van der Waals surface area contributed by atoms with Gasteiger partial charge in [0.25, 0.3) is 5.91 Å². The van der Waals surface area contributed by atoms with Crippen LogP contribution in [0.15, 0.2) is 42.5 Å². The number of carbonyl (C=O) groups is 1. The van der Waals surface area contributed by atoms with Crippen LogP contribution in [0.2, 0.25) is 0 Å². The molecule has 5 rings (SSSR count). The van der Waals surface area contributed by atoms with E-state index in [1.807, 2.05) is 38.1 Å². The van der Waals surface area contributed by atoms with Crippen molar-refractivity contribution in [1.82, 2.24) is 15.1 Å². The topological polar surface area (TPSA) is 85.6 Å². The molecule has 0 atom stereocenters. The number of para-hydroxylation sites is 1. The highest BCUT2D eigenvalue weighted by Gasteiger charge is 2.46. The van der Waals surface area contributed by atoms with Gasteiger partial charge in [0.1, 0.15) is 22.8 Å². The summed E-state index contributed by atoms with van der Waals surface area (Å²) in [4.78, 5) is 13.5. The van der Waals surface area contributed by atoms with Gasteiger partial charge in [-0.15, -0.1) is 0 Å². The number of hydrogen-bond acceptors (Lipinski definition) is 6. The van der Waals surface area contributed by atoms with Crippen LogP contribution in [-0.2, 0) is 5.60 Å². The first-order valence-corrected chi connectivity index (χ1v) is 10.6. The van der Waals surface area contributed by atoms with Crippen molar-refractivity contribution in [3.63, 3.8) is 0 Å². The standard InChI is InChI=1S/C24H25N3O4/c1-3-30-16-8-9-17(19(28)14-16)23(29)27-22-18-6-4-5-7-20(18)31-24(10-12-25-13-11-24)21(22)15(2)26-27/h4-9,14,25,28H,3,10-13H2,1-2H3. The van der Waals surface area contributed by atoms with E-state index in [-0.39, 0.29) is 17.2 Å². The average molecular weight is 419 g/mol. The van der Waals surface area contributed by atoms with Crippen molar-refractivity contribution in [2.75, 3.05) is 19.7 Å². The van der Waals surface area contributed by atoms with Crippen molar-refractivity contribution in [3.8, 4) is 28.5 Å². The number of phenolic OH excluding ortho intramolecular Hbond substituents is 1. The molecule has 0 radical (unpaired) electrons. The number of fused-ring (bicyclic) bond motifs is 4. The molecule has 7 nitrogen and oxygen atoms in total. The fraction of sp³-hybridized carbons (Fsp3) is 0.333. The largest absolute Gasteiger partial charge is 0.507 e. The monoisotopic (exact) mass is 419 g/mol. The van der Waals surface area contributed by atoms with Crippen molar-refractivity contribution in [2.45, 2.75) is 32.3 Å². The number of piperidine rings is 1. The SMILES string of the molecule is CCOc1ccc(C(=O)n2nc(C)c3c2-c2ccccc2OC32CCNCC2)c(O)c1. The molecule has 0 amide bonds. The zero-order chi connectivity index (χ0) is 21.6. The van der Waals surface area contributed by atoms with Crippen LogP contribution >= 0.6 is 0 Å². The highest BCUT2D eigenvalue weighted by molar-refractivity contribution is 6.01. The highest BCUT2D eigenvalue weighted by atomic mass is 16.5. The van der Waals surface area contributed by atoms with Gasteiger partial charge in [0, 0.05) is 30.0 Å². The molecule has 2 aromatic carbocycles. The van der Waals surface area contributed by atoms with Gasteiger partial charge in [-0.1, -0.05) is 12.1 Å². The zero-order valence-corrected chi connectivity index (χ0v) is 17.6. The Morgan fingerprint density at radius 2 is 2.03 bits per heavy atom. The summed E-state index contributed by atoms with van der Waals surface area (Å²) >= 11 is 0. The Morgan fingerprint density at radius 3 is 2.77 bits per heavy atom. The molecule has 2 aliphatic heterocycles. The molecule has 1 aromatic heterocycles. The van der Waals surface area contributed by atoms with Gasteiger partial charge < -0.3 is 19.9 Å². The van der Waals surface area contributed by atoms with Gasteiger partial charge in [-0.05, 0) is 51.2 Å². The molecule has 0 unspecified atom stereocenters. The molecular formula is C24H25N3O4. The summed E-state index contributed by atoms with van der Waals surface area (Å²) in [6, 6.07) is 12.5. The van der Waals surface area contributed by atoms with Crippen LogP contribution in [0.3, 0.4) is 0 Å². The number of hydrogen-bond donors (Lipinski definition) is 2. The first-order valence-electron chi connectivity index (χ1n) is 10.6. The van der Waals surface area contributed by atoms with Crippen molar-refractivity contribution in [3.05, 3.63) is 59.3 Å². The van der Waals surface area contributed by atoms with E-state index < -0.39 is 5.60 Å². The minimum atomic E-state index is -0.515. The molecule has 3 aromatic rings. The third-order valence-electron chi connectivity index (χ3n) is 6.08. The fourth-order valence-corrected chi connectivity index (χ4v) is 4.73. The first kappa shape index (κ1) is 19.6. The van der Waals surface area contributed by atoms with E-state index in [1.54, 1.807) is 12.1 Å². The van der Waals surface area contributed by atoms with E-state index in [9.17, 15) is 9.90 Å². The molecule has 3 heterocycles. The second-order valence-corrected chi connectivity index (χ2v) is 7.98. The molecular weight excluding hydrogens is 394 g/mol. The molecule has 1 spiro atoms. The molecule has 1 saturated heterocycles. The molecule has 7 heteroatoms. The molecule has 0 bridgehead atoms.